The average Bonchev–Trinajstić information content (AvgIpc) is 2.86. The summed E-state index contributed by atoms with van der Waals surface area (Å²) in [6.07, 6.45) is 7.34. The van der Waals surface area contributed by atoms with E-state index >= 15 is 0 Å². The van der Waals surface area contributed by atoms with E-state index in [1.807, 2.05) is 0 Å². The Kier molecular flexibility index (Phi) is 3.59. The quantitative estimate of drug-likeness (QED) is 0.915. The third kappa shape index (κ3) is 2.68. The van der Waals surface area contributed by atoms with Gasteiger partial charge in [-0.25, -0.2) is 9.98 Å². The van der Waals surface area contributed by atoms with Crippen LogP contribution in [-0.4, -0.2) is 35.2 Å². The molecule has 0 saturated carbocycles. The number of rotatable bonds is 2. The molecule has 4 rings (SSSR count). The molecule has 2 heterocycles. The minimum atomic E-state index is -0.214. The van der Waals surface area contributed by atoms with Gasteiger partial charge in [-0.15, -0.1) is 0 Å². The van der Waals surface area contributed by atoms with Gasteiger partial charge in [0, 0.05) is 12.0 Å². The first kappa shape index (κ1) is 14.9. The summed E-state index contributed by atoms with van der Waals surface area (Å²) in [5.41, 5.74) is 10.0. The third-order valence-corrected chi connectivity index (χ3v) is 4.77. The zero-order chi connectivity index (χ0) is 16.6. The number of methoxy groups -OCH3 is 1. The van der Waals surface area contributed by atoms with E-state index in [0.717, 1.165) is 36.9 Å². The number of aromatic nitrogens is 2. The molecule has 1 spiro atoms. The Morgan fingerprint density at radius 1 is 1.25 bits per heavy atom. The van der Waals surface area contributed by atoms with Crippen molar-refractivity contribution in [2.24, 2.45) is 10.7 Å². The van der Waals surface area contributed by atoms with Crippen LogP contribution in [0.3, 0.4) is 0 Å². The maximum Gasteiger partial charge on any atom is 0.282 e. The van der Waals surface area contributed by atoms with Gasteiger partial charge in [-0.3, -0.25) is 4.98 Å². The van der Waals surface area contributed by atoms with Crippen LogP contribution in [0.2, 0.25) is 0 Å². The highest BCUT2D eigenvalue weighted by molar-refractivity contribution is 5.74. The van der Waals surface area contributed by atoms with Crippen LogP contribution in [0.5, 0.6) is 5.88 Å². The van der Waals surface area contributed by atoms with Gasteiger partial charge in [0.05, 0.1) is 25.2 Å². The van der Waals surface area contributed by atoms with Gasteiger partial charge >= 0.3 is 0 Å². The van der Waals surface area contributed by atoms with Crippen molar-refractivity contribution in [1.82, 2.24) is 9.97 Å². The Balaban J connectivity index is 1.72. The molecular formula is C18H20N4O2. The van der Waals surface area contributed by atoms with Crippen LogP contribution in [0.4, 0.5) is 0 Å². The van der Waals surface area contributed by atoms with Crippen LogP contribution in [-0.2, 0) is 17.6 Å². The summed E-state index contributed by atoms with van der Waals surface area (Å²) in [4.78, 5) is 13.3. The van der Waals surface area contributed by atoms with Crippen LogP contribution < -0.4 is 10.5 Å². The number of fused-ring (bicyclic) bond motifs is 1. The second kappa shape index (κ2) is 5.78. The van der Waals surface area contributed by atoms with E-state index in [-0.39, 0.29) is 5.54 Å². The molecule has 1 aromatic heterocycles. The van der Waals surface area contributed by atoms with Gasteiger partial charge in [-0.2, -0.15) is 0 Å². The summed E-state index contributed by atoms with van der Waals surface area (Å²) in [5.74, 6) is 0.514. The van der Waals surface area contributed by atoms with Crippen molar-refractivity contribution in [3.63, 3.8) is 0 Å². The average molecular weight is 324 g/mol. The molecule has 2 aliphatic rings. The van der Waals surface area contributed by atoms with Gasteiger partial charge in [-0.1, -0.05) is 12.1 Å². The molecule has 2 aromatic rings. The first-order valence-corrected chi connectivity index (χ1v) is 8.14. The van der Waals surface area contributed by atoms with Gasteiger partial charge in [0.25, 0.3) is 6.02 Å². The summed E-state index contributed by atoms with van der Waals surface area (Å²) in [7, 11) is 1.59. The number of hydrogen-bond donors (Lipinski definition) is 1. The molecular weight excluding hydrogens is 304 g/mol. The van der Waals surface area contributed by atoms with E-state index in [0.29, 0.717) is 18.5 Å². The molecule has 6 nitrogen and oxygen atoms in total. The van der Waals surface area contributed by atoms with Crippen molar-refractivity contribution < 1.29 is 9.47 Å². The van der Waals surface area contributed by atoms with E-state index in [1.165, 1.54) is 11.1 Å². The highest BCUT2D eigenvalue weighted by atomic mass is 16.5. The third-order valence-electron chi connectivity index (χ3n) is 4.77. The first-order chi connectivity index (χ1) is 11.7. The summed E-state index contributed by atoms with van der Waals surface area (Å²) in [6.45, 7) is 0.571. The molecule has 2 N–H and O–H groups in total. The van der Waals surface area contributed by atoms with Crippen LogP contribution in [0.1, 0.15) is 24.0 Å². The van der Waals surface area contributed by atoms with E-state index in [9.17, 15) is 0 Å². The number of ether oxygens (including phenoxy) is 2. The summed E-state index contributed by atoms with van der Waals surface area (Å²) in [5, 5.41) is 0. The van der Waals surface area contributed by atoms with Gasteiger partial charge in [0.15, 0.2) is 0 Å². The molecule has 6 heteroatoms. The maximum atomic E-state index is 5.76. The predicted octanol–water partition coefficient (Wildman–Crippen LogP) is 2.11. The molecule has 1 atom stereocenters. The van der Waals surface area contributed by atoms with Crippen molar-refractivity contribution in [3.05, 3.63) is 41.7 Å². The molecule has 1 aromatic carbocycles. The van der Waals surface area contributed by atoms with Gasteiger partial charge in [-0.05, 0) is 36.5 Å². The molecule has 24 heavy (non-hydrogen) atoms. The maximum absolute atomic E-state index is 5.76. The van der Waals surface area contributed by atoms with Crippen LogP contribution in [0.25, 0.3) is 11.3 Å². The SMILES string of the molecule is COc1cncc(-c2ccc3c(c2)C[C@@]2(CCC3)COC(N)=N2)n1. The van der Waals surface area contributed by atoms with Crippen molar-refractivity contribution in [2.45, 2.75) is 31.2 Å². The Morgan fingerprint density at radius 2 is 2.17 bits per heavy atom. The summed E-state index contributed by atoms with van der Waals surface area (Å²) in [6, 6.07) is 6.79. The number of benzene rings is 1. The molecule has 0 amide bonds. The highest BCUT2D eigenvalue weighted by Gasteiger charge is 2.37. The lowest BCUT2D eigenvalue weighted by atomic mass is 9.89. The Bertz CT molecular complexity index is 805. The van der Waals surface area contributed by atoms with Crippen molar-refractivity contribution in [2.75, 3.05) is 13.7 Å². The normalized spacial score (nSPS) is 22.5. The molecule has 1 aliphatic heterocycles. The highest BCUT2D eigenvalue weighted by Crippen LogP contribution is 2.35. The fourth-order valence-corrected chi connectivity index (χ4v) is 3.56. The fourth-order valence-electron chi connectivity index (χ4n) is 3.56. The fraction of sp³-hybridized carbons (Fsp3) is 0.389. The van der Waals surface area contributed by atoms with Gasteiger partial charge in [0.2, 0.25) is 5.88 Å². The second-order valence-electron chi connectivity index (χ2n) is 6.42. The van der Waals surface area contributed by atoms with E-state index < -0.39 is 0 Å². The smallest absolute Gasteiger partial charge is 0.282 e. The van der Waals surface area contributed by atoms with Crippen LogP contribution in [0, 0.1) is 0 Å². The molecule has 0 saturated heterocycles. The lowest BCUT2D eigenvalue weighted by molar-refractivity contribution is 0.241. The Morgan fingerprint density at radius 3 is 2.96 bits per heavy atom. The Hall–Kier alpha value is -2.63. The van der Waals surface area contributed by atoms with E-state index in [1.54, 1.807) is 19.5 Å². The minimum Gasteiger partial charge on any atom is -0.480 e. The van der Waals surface area contributed by atoms with Crippen LogP contribution in [0.15, 0.2) is 35.6 Å². The number of hydrogen-bond acceptors (Lipinski definition) is 6. The number of amidine groups is 1. The molecule has 0 unspecified atom stereocenters. The first-order valence-electron chi connectivity index (χ1n) is 8.14. The summed E-state index contributed by atoms with van der Waals surface area (Å²) >= 11 is 0. The number of aryl methyl sites for hydroxylation is 1. The summed E-state index contributed by atoms with van der Waals surface area (Å²) < 4.78 is 10.6. The predicted molar refractivity (Wildman–Crippen MR) is 91.0 cm³/mol. The van der Waals surface area contributed by atoms with Gasteiger partial charge in [0.1, 0.15) is 12.1 Å². The van der Waals surface area contributed by atoms with E-state index in [2.05, 4.69) is 33.2 Å². The number of nitrogens with two attached hydrogens (primary N) is 1. The topological polar surface area (TPSA) is 82.6 Å². The van der Waals surface area contributed by atoms with Crippen molar-refractivity contribution in [1.29, 1.82) is 0 Å². The lowest BCUT2D eigenvalue weighted by Crippen LogP contribution is -2.30. The van der Waals surface area contributed by atoms with Gasteiger partial charge < -0.3 is 15.2 Å². The number of nitrogens with zero attached hydrogens (tertiary/aromatic N) is 3. The largest absolute Gasteiger partial charge is 0.480 e. The van der Waals surface area contributed by atoms with Crippen LogP contribution >= 0.6 is 0 Å². The molecule has 0 radical (unpaired) electrons. The molecule has 1 aliphatic carbocycles. The zero-order valence-corrected chi connectivity index (χ0v) is 13.7. The number of aliphatic imine (C=N–C) groups is 1. The second-order valence-corrected chi connectivity index (χ2v) is 6.42. The Labute approximate surface area is 140 Å². The minimum absolute atomic E-state index is 0.214. The van der Waals surface area contributed by atoms with E-state index in [4.69, 9.17) is 15.2 Å². The molecule has 124 valence electrons. The van der Waals surface area contributed by atoms with Crippen molar-refractivity contribution >= 4 is 6.02 Å². The zero-order valence-electron chi connectivity index (χ0n) is 13.7. The lowest BCUT2D eigenvalue weighted by Gasteiger charge is -2.22. The monoisotopic (exact) mass is 324 g/mol. The van der Waals surface area contributed by atoms with Crippen molar-refractivity contribution in [3.8, 4) is 17.1 Å². The molecule has 0 fully saturated rings. The molecule has 0 bridgehead atoms. The standard InChI is InChI=1S/C18H20N4O2/c1-23-16-10-20-9-15(21-16)13-5-4-12-3-2-6-18(8-14(12)7-13)11-24-17(19)22-18/h4-5,7,9-10H,2-3,6,8,11H2,1H3,(H2,19,22)/t18-/m0/s1.